The Balaban J connectivity index is 4.35. The molecule has 0 aliphatic rings. The fourth-order valence-electron chi connectivity index (χ4n) is 7.88. The molecule has 0 aromatic carbocycles. The average molecular weight is 936 g/mol. The minimum absolute atomic E-state index is 0.0874. The molecule has 0 unspecified atom stereocenters. The van der Waals surface area contributed by atoms with Crippen LogP contribution in [0, 0.1) is 0 Å². The first-order valence-electron chi connectivity index (χ1n) is 28.4. The fourth-order valence-corrected chi connectivity index (χ4v) is 7.88. The van der Waals surface area contributed by atoms with Gasteiger partial charge in [-0.25, -0.2) is 0 Å². The van der Waals surface area contributed by atoms with Crippen LogP contribution in [-0.4, -0.2) is 37.2 Å². The lowest BCUT2D eigenvalue weighted by Crippen LogP contribution is -2.30. The van der Waals surface area contributed by atoms with Crippen LogP contribution in [0.4, 0.5) is 0 Å². The molecule has 0 aliphatic heterocycles. The molecule has 1 atom stereocenters. The molecule has 0 rings (SSSR count). The van der Waals surface area contributed by atoms with Crippen molar-refractivity contribution in [1.82, 2.24) is 0 Å². The lowest BCUT2D eigenvalue weighted by molar-refractivity contribution is -0.167. The van der Waals surface area contributed by atoms with Crippen LogP contribution in [0.15, 0.2) is 72.9 Å². The number of unbranched alkanes of at least 4 members (excludes halogenated alkanes) is 28. The zero-order valence-corrected chi connectivity index (χ0v) is 44.2. The molecule has 0 fully saturated rings. The van der Waals surface area contributed by atoms with Crippen LogP contribution in [0.2, 0.25) is 0 Å². The number of hydrogen-bond acceptors (Lipinski definition) is 6. The van der Waals surface area contributed by atoms with Crippen LogP contribution in [0.1, 0.15) is 278 Å². The maximum absolute atomic E-state index is 12.9. The second kappa shape index (κ2) is 55.4. The van der Waals surface area contributed by atoms with Crippen molar-refractivity contribution in [2.24, 2.45) is 0 Å². The van der Waals surface area contributed by atoms with Gasteiger partial charge in [-0.2, -0.15) is 0 Å². The maximum atomic E-state index is 12.9. The maximum Gasteiger partial charge on any atom is 0.306 e. The zero-order valence-electron chi connectivity index (χ0n) is 44.2. The van der Waals surface area contributed by atoms with Crippen molar-refractivity contribution in [1.29, 1.82) is 0 Å². The van der Waals surface area contributed by atoms with Crippen LogP contribution < -0.4 is 0 Å². The van der Waals surface area contributed by atoms with Gasteiger partial charge in [0, 0.05) is 19.3 Å². The highest BCUT2D eigenvalue weighted by Crippen LogP contribution is 2.15. The molecule has 0 amide bonds. The van der Waals surface area contributed by atoms with E-state index in [4.69, 9.17) is 14.2 Å². The first-order valence-corrected chi connectivity index (χ1v) is 28.4. The van der Waals surface area contributed by atoms with Gasteiger partial charge in [0.15, 0.2) is 6.10 Å². The third-order valence-electron chi connectivity index (χ3n) is 12.2. The van der Waals surface area contributed by atoms with Crippen molar-refractivity contribution in [3.05, 3.63) is 72.9 Å². The van der Waals surface area contributed by atoms with Gasteiger partial charge in [0.1, 0.15) is 13.2 Å². The minimum atomic E-state index is -0.789. The van der Waals surface area contributed by atoms with Gasteiger partial charge >= 0.3 is 17.9 Å². The van der Waals surface area contributed by atoms with E-state index in [9.17, 15) is 14.4 Å². The summed E-state index contributed by atoms with van der Waals surface area (Å²) in [5.41, 5.74) is 0. The molecule has 67 heavy (non-hydrogen) atoms. The van der Waals surface area contributed by atoms with E-state index < -0.39 is 6.10 Å². The molecule has 6 nitrogen and oxygen atoms in total. The van der Waals surface area contributed by atoms with Gasteiger partial charge in [-0.1, -0.05) is 229 Å². The molecule has 0 heterocycles. The summed E-state index contributed by atoms with van der Waals surface area (Å²) in [7, 11) is 0. The summed E-state index contributed by atoms with van der Waals surface area (Å²) < 4.78 is 16.8. The van der Waals surface area contributed by atoms with E-state index in [0.29, 0.717) is 19.3 Å². The molecule has 0 aliphatic carbocycles. The van der Waals surface area contributed by atoms with Crippen molar-refractivity contribution in [3.63, 3.8) is 0 Å². The largest absolute Gasteiger partial charge is 0.462 e. The van der Waals surface area contributed by atoms with E-state index in [-0.39, 0.29) is 31.1 Å². The molecule has 6 heteroatoms. The van der Waals surface area contributed by atoms with Gasteiger partial charge in [-0.05, 0) is 103 Å². The van der Waals surface area contributed by atoms with Crippen molar-refractivity contribution < 1.29 is 28.6 Å². The van der Waals surface area contributed by atoms with Gasteiger partial charge in [-0.3, -0.25) is 14.4 Å². The highest BCUT2D eigenvalue weighted by atomic mass is 16.6. The summed E-state index contributed by atoms with van der Waals surface area (Å²) in [5.74, 6) is -0.915. The summed E-state index contributed by atoms with van der Waals surface area (Å²) in [6, 6.07) is 0. The molecule has 0 spiro atoms. The molecule has 386 valence electrons. The fraction of sp³-hybridized carbons (Fsp3) is 0.754. The van der Waals surface area contributed by atoms with Crippen molar-refractivity contribution in [3.8, 4) is 0 Å². The van der Waals surface area contributed by atoms with Gasteiger partial charge < -0.3 is 14.2 Å². The number of carbonyl (C=O) groups is 3. The van der Waals surface area contributed by atoms with Crippen molar-refractivity contribution in [2.45, 2.75) is 284 Å². The van der Waals surface area contributed by atoms with Crippen LogP contribution in [0.25, 0.3) is 0 Å². The van der Waals surface area contributed by atoms with E-state index in [1.807, 2.05) is 0 Å². The summed E-state index contributed by atoms with van der Waals surface area (Å²) in [6.07, 6.45) is 70.4. The van der Waals surface area contributed by atoms with E-state index in [0.717, 1.165) is 103 Å². The number of esters is 3. The van der Waals surface area contributed by atoms with Crippen LogP contribution in [0.5, 0.6) is 0 Å². The summed E-state index contributed by atoms with van der Waals surface area (Å²) >= 11 is 0. The van der Waals surface area contributed by atoms with Crippen LogP contribution in [0.3, 0.4) is 0 Å². The number of carbonyl (C=O) groups excluding carboxylic acids is 3. The topological polar surface area (TPSA) is 78.9 Å². The SMILES string of the molecule is CC/C=C\C/C=C\C/C=C\C/C=C\CCCCCCC(=O)OC[C@H](COC(=O)CCCCCCC/C=C\CCCC)OC(=O)CCCCCCCCCCCCC/C=C\CCCCCCCC. The summed E-state index contributed by atoms with van der Waals surface area (Å²) in [5, 5.41) is 0. The minimum Gasteiger partial charge on any atom is -0.462 e. The molecule has 0 saturated heterocycles. The highest BCUT2D eigenvalue weighted by Gasteiger charge is 2.19. The Morgan fingerprint density at radius 1 is 0.313 bits per heavy atom. The Labute approximate surface area is 414 Å². The quantitative estimate of drug-likeness (QED) is 0.0262. The molecule has 0 aromatic rings. The Hall–Kier alpha value is -3.15. The Morgan fingerprint density at radius 2 is 0.597 bits per heavy atom. The van der Waals surface area contributed by atoms with Gasteiger partial charge in [-0.15, -0.1) is 0 Å². The zero-order chi connectivity index (χ0) is 48.6. The third-order valence-corrected chi connectivity index (χ3v) is 12.2. The summed E-state index contributed by atoms with van der Waals surface area (Å²) in [4.78, 5) is 38.1. The molecule has 0 radical (unpaired) electrons. The second-order valence-corrected chi connectivity index (χ2v) is 18.8. The second-order valence-electron chi connectivity index (χ2n) is 18.8. The van der Waals surface area contributed by atoms with Gasteiger partial charge in [0.05, 0.1) is 0 Å². The van der Waals surface area contributed by atoms with E-state index in [1.54, 1.807) is 0 Å². The Bertz CT molecular complexity index is 1260. The standard InChI is InChI=1S/C61H106O6/c1-4-7-10-13-16-19-22-24-26-28-29-30-31-33-35-37-40-43-46-49-52-55-61(64)67-58(56-65-59(62)53-50-47-44-41-38-21-18-15-12-9-6-3)57-66-60(63)54-51-48-45-42-39-36-34-32-27-25-23-20-17-14-11-8-5-2/h8,11,15,17-18,20,24-27,34,36,58H,4-7,9-10,12-14,16,19,21-23,28-33,35,37-57H2,1-3H3/b11-8-,18-15-,20-17-,26-24-,27-25-,36-34-/t58-/m0/s1. The smallest absolute Gasteiger partial charge is 0.306 e. The normalized spacial score (nSPS) is 12.6. The number of hydrogen-bond donors (Lipinski definition) is 0. The number of rotatable bonds is 51. The van der Waals surface area contributed by atoms with E-state index >= 15 is 0 Å². The van der Waals surface area contributed by atoms with Crippen LogP contribution in [-0.2, 0) is 28.6 Å². The average Bonchev–Trinajstić information content (AvgIpc) is 3.33. The van der Waals surface area contributed by atoms with E-state index in [2.05, 4.69) is 93.7 Å². The number of allylic oxidation sites excluding steroid dienone is 12. The number of ether oxygens (including phenoxy) is 3. The predicted molar refractivity (Wildman–Crippen MR) is 288 cm³/mol. The van der Waals surface area contributed by atoms with Crippen molar-refractivity contribution in [2.75, 3.05) is 13.2 Å². The molecule has 0 saturated carbocycles. The molecular weight excluding hydrogens is 829 g/mol. The molecular formula is C61H106O6. The highest BCUT2D eigenvalue weighted by molar-refractivity contribution is 5.71. The van der Waals surface area contributed by atoms with Crippen molar-refractivity contribution >= 4 is 17.9 Å². The Kier molecular flexibility index (Phi) is 52.8. The molecule has 0 aromatic heterocycles. The lowest BCUT2D eigenvalue weighted by Gasteiger charge is -2.18. The predicted octanol–water partition coefficient (Wildman–Crippen LogP) is 19.0. The third kappa shape index (κ3) is 53.7. The van der Waals surface area contributed by atoms with Gasteiger partial charge in [0.2, 0.25) is 0 Å². The van der Waals surface area contributed by atoms with Crippen LogP contribution >= 0.6 is 0 Å². The first kappa shape index (κ1) is 63.8. The monoisotopic (exact) mass is 935 g/mol. The Morgan fingerprint density at radius 3 is 0.970 bits per heavy atom. The first-order chi connectivity index (χ1) is 33.0. The molecule has 0 bridgehead atoms. The molecule has 0 N–H and O–H groups in total. The lowest BCUT2D eigenvalue weighted by atomic mass is 10.0. The van der Waals surface area contributed by atoms with Gasteiger partial charge in [0.25, 0.3) is 0 Å². The van der Waals surface area contributed by atoms with E-state index in [1.165, 1.54) is 135 Å². The summed E-state index contributed by atoms with van der Waals surface area (Å²) in [6.45, 7) is 6.47.